The molecule has 1 aromatic rings. The van der Waals surface area contributed by atoms with E-state index in [1.807, 2.05) is 12.2 Å². The molecule has 0 radical (unpaired) electrons. The number of methoxy groups -OCH3 is 2. The van der Waals surface area contributed by atoms with Gasteiger partial charge in [-0.2, -0.15) is 0 Å². The second kappa shape index (κ2) is 14.8. The molecule has 53 heavy (non-hydrogen) atoms. The van der Waals surface area contributed by atoms with Gasteiger partial charge < -0.3 is 34.6 Å². The molecule has 4 fully saturated rings. The highest BCUT2D eigenvalue weighted by Crippen LogP contribution is 2.47. The van der Waals surface area contributed by atoms with Crippen molar-refractivity contribution in [3.8, 4) is 11.5 Å². The SMILES string of the molecule is COc1ccc(C(=O)N2C[C@H]3CN4C(=O)[C@H](NC(=O)OC(C)(C)C)CCCCC/C=C\[C@@H]5C[C@@]5(C(=O)NS(=O)(=O)C5CC5)NC(=O)[C@@H]4[C@H]3C2)cc1OC. The summed E-state index contributed by atoms with van der Waals surface area (Å²) < 4.78 is 44.1. The number of benzene rings is 1. The Morgan fingerprint density at radius 3 is 2.38 bits per heavy atom. The number of carbonyl (C=O) groups excluding carboxylic acids is 5. The number of alkyl carbamates (subject to hydrolysis) is 1. The molecule has 6 rings (SSSR count). The zero-order valence-electron chi connectivity index (χ0n) is 31.0. The first-order chi connectivity index (χ1) is 25.1. The third-order valence-electron chi connectivity index (χ3n) is 10.8. The van der Waals surface area contributed by atoms with Gasteiger partial charge in [-0.25, -0.2) is 13.2 Å². The van der Waals surface area contributed by atoms with E-state index in [4.69, 9.17) is 14.2 Å². The molecule has 290 valence electrons. The Morgan fingerprint density at radius 2 is 1.70 bits per heavy atom. The first-order valence-electron chi connectivity index (χ1n) is 18.4. The molecule has 15 nitrogen and oxygen atoms in total. The van der Waals surface area contributed by atoms with Crippen molar-refractivity contribution in [3.05, 3.63) is 35.9 Å². The Bertz CT molecular complexity index is 1770. The zero-order valence-corrected chi connectivity index (χ0v) is 31.8. The molecule has 3 aliphatic heterocycles. The molecule has 16 heteroatoms. The largest absolute Gasteiger partial charge is 0.493 e. The van der Waals surface area contributed by atoms with Crippen LogP contribution in [0.2, 0.25) is 0 Å². The molecule has 2 saturated carbocycles. The van der Waals surface area contributed by atoms with Crippen LogP contribution in [-0.2, 0) is 29.1 Å². The summed E-state index contributed by atoms with van der Waals surface area (Å²) in [6.07, 6.45) is 7.35. The number of amides is 5. The lowest BCUT2D eigenvalue weighted by atomic mass is 9.93. The van der Waals surface area contributed by atoms with Crippen LogP contribution in [0.25, 0.3) is 0 Å². The number of hydrogen-bond acceptors (Lipinski definition) is 10. The van der Waals surface area contributed by atoms with Crippen molar-refractivity contribution in [2.75, 3.05) is 33.9 Å². The maximum atomic E-state index is 14.6. The average Bonchev–Trinajstić information content (AvgIpc) is 3.99. The van der Waals surface area contributed by atoms with Crippen LogP contribution in [0.1, 0.15) is 82.5 Å². The fourth-order valence-corrected chi connectivity index (χ4v) is 9.20. The number of likely N-dealkylation sites (tertiary alicyclic amines) is 1. The Kier molecular flexibility index (Phi) is 10.7. The molecular weight excluding hydrogens is 706 g/mol. The minimum absolute atomic E-state index is 0.127. The van der Waals surface area contributed by atoms with Crippen LogP contribution in [0.4, 0.5) is 4.79 Å². The number of rotatable bonds is 7. The highest BCUT2D eigenvalue weighted by atomic mass is 32.2. The highest BCUT2D eigenvalue weighted by Gasteiger charge is 2.63. The second-order valence-corrected chi connectivity index (χ2v) is 17.8. The minimum atomic E-state index is -3.91. The Balaban J connectivity index is 1.31. The molecule has 0 spiro atoms. The monoisotopic (exact) mass is 757 g/mol. The van der Waals surface area contributed by atoms with Crippen LogP contribution >= 0.6 is 0 Å². The number of nitrogens with one attached hydrogen (secondary N) is 3. The molecule has 2 saturated heterocycles. The van der Waals surface area contributed by atoms with Crippen LogP contribution in [-0.4, -0.2) is 110 Å². The fourth-order valence-electron chi connectivity index (χ4n) is 7.84. The van der Waals surface area contributed by atoms with Gasteiger partial charge in [0.15, 0.2) is 11.5 Å². The quantitative estimate of drug-likeness (QED) is 0.349. The maximum Gasteiger partial charge on any atom is 0.408 e. The number of allylic oxidation sites excluding steroid dienone is 1. The lowest BCUT2D eigenvalue weighted by Crippen LogP contribution is -2.60. The number of fused-ring (bicyclic) bond motifs is 4. The van der Waals surface area contributed by atoms with Crippen molar-refractivity contribution in [2.45, 2.75) is 101 Å². The van der Waals surface area contributed by atoms with Crippen molar-refractivity contribution in [1.29, 1.82) is 0 Å². The number of hydrogen-bond donors (Lipinski definition) is 3. The minimum Gasteiger partial charge on any atom is -0.493 e. The standard InChI is InChI=1S/C37H51N5O10S/c1-36(2,3)52-35(47)38-27-12-10-8-6-7-9-11-24-18-37(24,34(46)40-53(48,49)25-14-15-25)39-31(43)30-26-21-41(19-23(26)20-42(30)33(27)45)32(44)22-13-16-28(50-4)29(17-22)51-5/h9,11,13,16-17,23-27,30H,6-8,10,12,14-15,18-21H2,1-5H3,(H,38,47)(H,39,43)(H,40,46)/b11-9-/t23-,24+,26-,27+,30-,37+/m0/s1. The van der Waals surface area contributed by atoms with E-state index >= 15 is 0 Å². The summed E-state index contributed by atoms with van der Waals surface area (Å²) in [7, 11) is -0.930. The molecule has 5 amide bonds. The van der Waals surface area contributed by atoms with E-state index in [2.05, 4.69) is 15.4 Å². The van der Waals surface area contributed by atoms with Gasteiger partial charge in [0.25, 0.3) is 11.8 Å². The smallest absolute Gasteiger partial charge is 0.408 e. The predicted octanol–water partition coefficient (Wildman–Crippen LogP) is 2.50. The summed E-state index contributed by atoms with van der Waals surface area (Å²) in [5.41, 5.74) is -1.97. The van der Waals surface area contributed by atoms with Gasteiger partial charge in [0.1, 0.15) is 23.2 Å². The van der Waals surface area contributed by atoms with Crippen LogP contribution < -0.4 is 24.8 Å². The predicted molar refractivity (Wildman–Crippen MR) is 192 cm³/mol. The molecule has 0 unspecified atom stereocenters. The lowest BCUT2D eigenvalue weighted by Gasteiger charge is -2.33. The summed E-state index contributed by atoms with van der Waals surface area (Å²) in [5.74, 6) is -2.56. The number of nitrogens with zero attached hydrogens (tertiary/aromatic N) is 2. The van der Waals surface area contributed by atoms with Crippen LogP contribution in [0.15, 0.2) is 30.4 Å². The lowest BCUT2D eigenvalue weighted by molar-refractivity contribution is -0.142. The Morgan fingerprint density at radius 1 is 0.962 bits per heavy atom. The Labute approximate surface area is 310 Å². The van der Waals surface area contributed by atoms with Gasteiger partial charge in [0.05, 0.1) is 19.5 Å². The van der Waals surface area contributed by atoms with Gasteiger partial charge in [-0.15, -0.1) is 0 Å². The van der Waals surface area contributed by atoms with E-state index in [1.54, 1.807) is 43.9 Å². The molecule has 0 bridgehead atoms. The third-order valence-corrected chi connectivity index (χ3v) is 12.6. The van der Waals surface area contributed by atoms with E-state index in [1.165, 1.54) is 19.1 Å². The van der Waals surface area contributed by atoms with Crippen LogP contribution in [0.3, 0.4) is 0 Å². The van der Waals surface area contributed by atoms with E-state index in [9.17, 15) is 32.4 Å². The summed E-state index contributed by atoms with van der Waals surface area (Å²) in [6, 6.07) is 2.77. The molecule has 3 heterocycles. The van der Waals surface area contributed by atoms with Gasteiger partial charge in [-0.05, 0) is 77.5 Å². The normalized spacial score (nSPS) is 29.6. The van der Waals surface area contributed by atoms with Crippen LogP contribution in [0, 0.1) is 17.8 Å². The molecule has 2 aliphatic carbocycles. The van der Waals surface area contributed by atoms with Crippen molar-refractivity contribution in [1.82, 2.24) is 25.2 Å². The first-order valence-corrected chi connectivity index (χ1v) is 20.0. The molecule has 5 aliphatic rings. The van der Waals surface area contributed by atoms with Crippen molar-refractivity contribution < 1.29 is 46.6 Å². The molecule has 0 aromatic heterocycles. The average molecular weight is 758 g/mol. The molecular formula is C37H51N5O10S. The van der Waals surface area contributed by atoms with Crippen molar-refractivity contribution >= 4 is 39.7 Å². The third kappa shape index (κ3) is 8.26. The van der Waals surface area contributed by atoms with Gasteiger partial charge in [-0.3, -0.25) is 23.9 Å². The first kappa shape index (κ1) is 38.4. The maximum absolute atomic E-state index is 14.6. The number of carbonyl (C=O) groups is 5. The summed E-state index contributed by atoms with van der Waals surface area (Å²) in [5, 5.41) is 5.02. The van der Waals surface area contributed by atoms with Gasteiger partial charge >= 0.3 is 6.09 Å². The number of ether oxygens (including phenoxy) is 3. The van der Waals surface area contributed by atoms with E-state index in [0.717, 1.165) is 12.8 Å². The molecule has 1 aromatic carbocycles. The van der Waals surface area contributed by atoms with Gasteiger partial charge in [0.2, 0.25) is 21.8 Å². The van der Waals surface area contributed by atoms with Crippen LogP contribution in [0.5, 0.6) is 11.5 Å². The van der Waals surface area contributed by atoms with E-state index in [-0.39, 0.29) is 37.9 Å². The highest BCUT2D eigenvalue weighted by molar-refractivity contribution is 7.91. The van der Waals surface area contributed by atoms with E-state index in [0.29, 0.717) is 49.2 Å². The Hall–Kier alpha value is -4.34. The molecule has 6 atom stereocenters. The second-order valence-electron chi connectivity index (χ2n) is 15.9. The fraction of sp³-hybridized carbons (Fsp3) is 0.649. The summed E-state index contributed by atoms with van der Waals surface area (Å²) in [6.45, 7) is 5.70. The summed E-state index contributed by atoms with van der Waals surface area (Å²) in [4.78, 5) is 72.7. The molecule has 3 N–H and O–H groups in total. The van der Waals surface area contributed by atoms with Gasteiger partial charge in [0, 0.05) is 43.0 Å². The van der Waals surface area contributed by atoms with E-state index < -0.39 is 74.1 Å². The van der Waals surface area contributed by atoms with Crippen molar-refractivity contribution in [2.24, 2.45) is 17.8 Å². The topological polar surface area (TPSA) is 190 Å². The van der Waals surface area contributed by atoms with Crippen molar-refractivity contribution in [3.63, 3.8) is 0 Å². The van der Waals surface area contributed by atoms with Gasteiger partial charge in [-0.1, -0.05) is 25.0 Å². The zero-order chi connectivity index (χ0) is 38.3. The number of sulfonamides is 1. The summed E-state index contributed by atoms with van der Waals surface area (Å²) >= 11 is 0.